The molecule has 0 saturated heterocycles. The van der Waals surface area contributed by atoms with Crippen LogP contribution in [-0.4, -0.2) is 11.2 Å². The summed E-state index contributed by atoms with van der Waals surface area (Å²) in [7, 11) is 0. The largest absolute Gasteiger partial charge is 0.390 e. The average molecular weight is 384 g/mol. The van der Waals surface area contributed by atoms with E-state index in [0.717, 1.165) is 23.2 Å². The van der Waals surface area contributed by atoms with Crippen LogP contribution in [0, 0.1) is 0 Å². The van der Waals surface area contributed by atoms with Crippen molar-refractivity contribution in [3.8, 4) is 0 Å². The van der Waals surface area contributed by atoms with Crippen molar-refractivity contribution in [3.05, 3.63) is 105 Å². The number of aliphatic hydroxyl groups is 1. The molecule has 1 heterocycles. The highest BCUT2D eigenvalue weighted by Crippen LogP contribution is 2.41. The van der Waals surface area contributed by atoms with Gasteiger partial charge in [0.25, 0.3) is 0 Å². The first-order valence-electron chi connectivity index (χ1n) is 8.61. The smallest absolute Gasteiger partial charge is 0.0963 e. The van der Waals surface area contributed by atoms with Gasteiger partial charge in [0.1, 0.15) is 0 Å². The molecular weight excluding hydrogens is 365 g/mol. The standard InChI is InChI=1S/C22H19Cl2NO/c23-18-9-5-15(6-10-18)13-21(26)22(17-7-11-19(24)12-8-17)20-4-2-1-3-16(20)14-25-22/h1-12,21,25-26H,13-14H2. The zero-order chi connectivity index (χ0) is 18.1. The molecule has 1 aliphatic rings. The van der Waals surface area contributed by atoms with Crippen molar-refractivity contribution in [1.82, 2.24) is 5.32 Å². The molecule has 2 nitrogen and oxygen atoms in total. The SMILES string of the molecule is OC(Cc1ccc(Cl)cc1)C1(c2ccc(Cl)cc2)NCc2ccccc21. The van der Waals surface area contributed by atoms with Crippen LogP contribution in [0.15, 0.2) is 72.8 Å². The van der Waals surface area contributed by atoms with Gasteiger partial charge < -0.3 is 5.11 Å². The highest BCUT2D eigenvalue weighted by Gasteiger charge is 2.45. The van der Waals surface area contributed by atoms with Crippen molar-refractivity contribution in [2.75, 3.05) is 0 Å². The number of fused-ring (bicyclic) bond motifs is 1. The number of rotatable bonds is 4. The van der Waals surface area contributed by atoms with E-state index >= 15 is 0 Å². The summed E-state index contributed by atoms with van der Waals surface area (Å²) in [5.74, 6) is 0. The van der Waals surface area contributed by atoms with Crippen molar-refractivity contribution in [1.29, 1.82) is 0 Å². The molecule has 0 amide bonds. The van der Waals surface area contributed by atoms with Crippen LogP contribution in [0.2, 0.25) is 10.0 Å². The normalized spacial score (nSPS) is 20.0. The second kappa shape index (κ2) is 7.05. The molecule has 26 heavy (non-hydrogen) atoms. The van der Waals surface area contributed by atoms with E-state index in [1.165, 1.54) is 5.56 Å². The lowest BCUT2D eigenvalue weighted by Crippen LogP contribution is -2.49. The Bertz CT molecular complexity index is 908. The Morgan fingerprint density at radius 3 is 2.19 bits per heavy atom. The fourth-order valence-electron chi connectivity index (χ4n) is 3.85. The van der Waals surface area contributed by atoms with Gasteiger partial charge >= 0.3 is 0 Å². The van der Waals surface area contributed by atoms with Crippen LogP contribution < -0.4 is 5.32 Å². The first-order valence-corrected chi connectivity index (χ1v) is 9.37. The Morgan fingerprint density at radius 2 is 1.50 bits per heavy atom. The molecule has 0 aliphatic carbocycles. The van der Waals surface area contributed by atoms with Gasteiger partial charge in [0.15, 0.2) is 0 Å². The van der Waals surface area contributed by atoms with Gasteiger partial charge in [-0.05, 0) is 46.5 Å². The lowest BCUT2D eigenvalue weighted by atomic mass is 9.77. The molecule has 0 saturated carbocycles. The van der Waals surface area contributed by atoms with Crippen LogP contribution >= 0.6 is 23.2 Å². The highest BCUT2D eigenvalue weighted by molar-refractivity contribution is 6.30. The van der Waals surface area contributed by atoms with E-state index in [9.17, 15) is 5.11 Å². The van der Waals surface area contributed by atoms with Gasteiger partial charge in [-0.15, -0.1) is 0 Å². The average Bonchev–Trinajstić information content (AvgIpc) is 3.05. The summed E-state index contributed by atoms with van der Waals surface area (Å²) < 4.78 is 0. The number of halogens is 2. The van der Waals surface area contributed by atoms with E-state index in [0.29, 0.717) is 16.5 Å². The fourth-order valence-corrected chi connectivity index (χ4v) is 4.10. The maximum atomic E-state index is 11.4. The second-order valence-electron chi connectivity index (χ2n) is 6.67. The molecule has 0 bridgehead atoms. The predicted octanol–water partition coefficient (Wildman–Crippen LogP) is 4.94. The van der Waals surface area contributed by atoms with Crippen molar-refractivity contribution in [2.45, 2.75) is 24.6 Å². The minimum absolute atomic E-state index is 0.515. The maximum absolute atomic E-state index is 11.4. The van der Waals surface area contributed by atoms with Crippen LogP contribution in [0.25, 0.3) is 0 Å². The van der Waals surface area contributed by atoms with E-state index in [2.05, 4.69) is 17.4 Å². The summed E-state index contributed by atoms with van der Waals surface area (Å²) >= 11 is 12.1. The Balaban J connectivity index is 1.79. The van der Waals surface area contributed by atoms with Gasteiger partial charge in [0, 0.05) is 23.0 Å². The molecule has 0 spiro atoms. The van der Waals surface area contributed by atoms with Crippen LogP contribution in [0.4, 0.5) is 0 Å². The third-order valence-electron chi connectivity index (χ3n) is 5.14. The molecule has 2 unspecified atom stereocenters. The summed E-state index contributed by atoms with van der Waals surface area (Å²) in [4.78, 5) is 0. The summed E-state index contributed by atoms with van der Waals surface area (Å²) in [5, 5.41) is 16.3. The molecule has 0 aromatic heterocycles. The Morgan fingerprint density at radius 1 is 0.885 bits per heavy atom. The lowest BCUT2D eigenvalue weighted by Gasteiger charge is -2.36. The van der Waals surface area contributed by atoms with Crippen molar-refractivity contribution in [2.24, 2.45) is 0 Å². The van der Waals surface area contributed by atoms with E-state index in [4.69, 9.17) is 23.2 Å². The Labute approximate surface area is 163 Å². The number of hydrogen-bond acceptors (Lipinski definition) is 2. The molecule has 0 radical (unpaired) electrons. The molecule has 2 N–H and O–H groups in total. The maximum Gasteiger partial charge on any atom is 0.0963 e. The quantitative estimate of drug-likeness (QED) is 0.668. The van der Waals surface area contributed by atoms with Gasteiger partial charge in [-0.3, -0.25) is 5.32 Å². The molecule has 1 aliphatic heterocycles. The Hall–Kier alpha value is -1.84. The lowest BCUT2D eigenvalue weighted by molar-refractivity contribution is 0.0874. The summed E-state index contributed by atoms with van der Waals surface area (Å²) in [6.07, 6.45) is -0.130. The predicted molar refractivity (Wildman–Crippen MR) is 107 cm³/mol. The van der Waals surface area contributed by atoms with Crippen LogP contribution in [0.3, 0.4) is 0 Å². The molecule has 4 rings (SSSR count). The van der Waals surface area contributed by atoms with Gasteiger partial charge in [0.05, 0.1) is 11.6 Å². The molecule has 132 valence electrons. The number of nitrogens with one attached hydrogen (secondary N) is 1. The van der Waals surface area contributed by atoms with Gasteiger partial charge in [-0.25, -0.2) is 0 Å². The molecular formula is C22H19Cl2NO. The monoisotopic (exact) mass is 383 g/mol. The molecule has 3 aromatic carbocycles. The first kappa shape index (κ1) is 17.6. The van der Waals surface area contributed by atoms with E-state index in [-0.39, 0.29) is 0 Å². The molecule has 4 heteroatoms. The van der Waals surface area contributed by atoms with Crippen LogP contribution in [0.1, 0.15) is 22.3 Å². The highest BCUT2D eigenvalue weighted by atomic mass is 35.5. The molecule has 2 atom stereocenters. The number of aliphatic hydroxyl groups excluding tert-OH is 1. The van der Waals surface area contributed by atoms with E-state index in [1.807, 2.05) is 60.7 Å². The number of hydrogen-bond donors (Lipinski definition) is 2. The second-order valence-corrected chi connectivity index (χ2v) is 7.54. The topological polar surface area (TPSA) is 32.3 Å². The summed E-state index contributed by atoms with van der Waals surface area (Å²) in [5.41, 5.74) is 3.71. The van der Waals surface area contributed by atoms with Gasteiger partial charge in [-0.1, -0.05) is 71.7 Å². The Kier molecular flexibility index (Phi) is 4.76. The van der Waals surface area contributed by atoms with Gasteiger partial charge in [-0.2, -0.15) is 0 Å². The zero-order valence-electron chi connectivity index (χ0n) is 14.1. The first-order chi connectivity index (χ1) is 12.6. The minimum Gasteiger partial charge on any atom is -0.390 e. The summed E-state index contributed by atoms with van der Waals surface area (Å²) in [6, 6.07) is 23.6. The fraction of sp³-hybridized carbons (Fsp3) is 0.182. The third-order valence-corrected chi connectivity index (χ3v) is 5.65. The molecule has 0 fully saturated rings. The van der Waals surface area contributed by atoms with Crippen molar-refractivity contribution in [3.63, 3.8) is 0 Å². The van der Waals surface area contributed by atoms with Crippen LogP contribution in [-0.2, 0) is 18.5 Å². The number of benzene rings is 3. The summed E-state index contributed by atoms with van der Waals surface area (Å²) in [6.45, 7) is 0.719. The zero-order valence-corrected chi connectivity index (χ0v) is 15.6. The molecule has 3 aromatic rings. The van der Waals surface area contributed by atoms with Gasteiger partial charge in [0.2, 0.25) is 0 Å². The third kappa shape index (κ3) is 3.04. The van der Waals surface area contributed by atoms with Crippen LogP contribution in [0.5, 0.6) is 0 Å². The van der Waals surface area contributed by atoms with Crippen molar-refractivity contribution < 1.29 is 5.11 Å². The minimum atomic E-state index is -0.666. The van der Waals surface area contributed by atoms with E-state index in [1.54, 1.807) is 0 Å². The van der Waals surface area contributed by atoms with Crippen molar-refractivity contribution >= 4 is 23.2 Å². The van der Waals surface area contributed by atoms with E-state index < -0.39 is 11.6 Å².